The van der Waals surface area contributed by atoms with Crippen molar-refractivity contribution < 1.29 is 4.79 Å². The minimum Gasteiger partial charge on any atom is -0.386 e. The summed E-state index contributed by atoms with van der Waals surface area (Å²) in [5.41, 5.74) is 6.51. The fraction of sp³-hybridized carbons (Fsp3) is 0.400. The van der Waals surface area contributed by atoms with Crippen LogP contribution in [0.4, 0.5) is 5.69 Å². The summed E-state index contributed by atoms with van der Waals surface area (Å²) in [5, 5.41) is 5.61. The molecule has 0 bridgehead atoms. The summed E-state index contributed by atoms with van der Waals surface area (Å²) in [4.78, 5) is 19.1. The monoisotopic (exact) mass is 221 g/mol. The van der Waals surface area contributed by atoms with Crippen LogP contribution in [0.1, 0.15) is 30.8 Å². The molecular weight excluding hydrogens is 206 g/mol. The quantitative estimate of drug-likeness (QED) is 0.352. The van der Waals surface area contributed by atoms with Crippen LogP contribution in [0.2, 0.25) is 0 Å². The third-order valence-corrected chi connectivity index (χ3v) is 2.02. The first-order valence-corrected chi connectivity index (χ1v) is 4.93. The van der Waals surface area contributed by atoms with E-state index in [9.17, 15) is 4.79 Å². The van der Waals surface area contributed by atoms with E-state index in [4.69, 9.17) is 5.73 Å². The zero-order valence-corrected chi connectivity index (χ0v) is 9.64. The molecule has 0 atom stereocenters. The van der Waals surface area contributed by atoms with Crippen LogP contribution in [0.25, 0.3) is 0 Å². The minimum absolute atomic E-state index is 0.130. The van der Waals surface area contributed by atoms with E-state index in [2.05, 4.69) is 15.1 Å². The zero-order valence-electron chi connectivity index (χ0n) is 9.64. The van der Waals surface area contributed by atoms with Crippen molar-refractivity contribution in [3.8, 4) is 0 Å². The Hall–Kier alpha value is -1.98. The molecule has 0 aliphatic rings. The van der Waals surface area contributed by atoms with Crippen molar-refractivity contribution in [2.24, 2.45) is 10.8 Å². The van der Waals surface area contributed by atoms with Crippen molar-refractivity contribution in [2.45, 2.75) is 20.3 Å². The number of nitrogens with two attached hydrogens (primary N) is 1. The third-order valence-electron chi connectivity index (χ3n) is 2.02. The number of carbonyl (C=O) groups is 1. The molecule has 1 aromatic heterocycles. The summed E-state index contributed by atoms with van der Waals surface area (Å²) in [6.07, 6.45) is 3.52. The Balaban J connectivity index is 3.08. The summed E-state index contributed by atoms with van der Waals surface area (Å²) in [5.74, 6) is 0.357. The van der Waals surface area contributed by atoms with E-state index < -0.39 is 0 Å². The van der Waals surface area contributed by atoms with Gasteiger partial charge in [0.15, 0.2) is 5.78 Å². The lowest BCUT2D eigenvalue weighted by atomic mass is 10.2. The molecule has 2 N–H and O–H groups in total. The van der Waals surface area contributed by atoms with E-state index in [0.717, 1.165) is 0 Å². The molecule has 0 aliphatic carbocycles. The van der Waals surface area contributed by atoms with Crippen LogP contribution in [0.15, 0.2) is 17.6 Å². The number of hydrazone groups is 1. The van der Waals surface area contributed by atoms with Gasteiger partial charge in [-0.2, -0.15) is 5.10 Å². The first-order chi connectivity index (χ1) is 7.56. The van der Waals surface area contributed by atoms with Gasteiger partial charge in [-0.05, 0) is 0 Å². The van der Waals surface area contributed by atoms with E-state index in [1.165, 1.54) is 24.5 Å². The highest BCUT2D eigenvalue weighted by Crippen LogP contribution is 2.16. The molecule has 0 saturated heterocycles. The average molecular weight is 221 g/mol. The second-order valence-corrected chi connectivity index (χ2v) is 3.28. The number of ketones is 1. The smallest absolute Gasteiger partial charge is 0.180 e. The first-order valence-electron chi connectivity index (χ1n) is 4.93. The van der Waals surface area contributed by atoms with Crippen molar-refractivity contribution in [1.82, 2.24) is 9.97 Å². The van der Waals surface area contributed by atoms with Crippen molar-refractivity contribution in [3.63, 3.8) is 0 Å². The second kappa shape index (κ2) is 5.20. The van der Waals surface area contributed by atoms with Gasteiger partial charge in [-0.3, -0.25) is 9.80 Å². The molecule has 0 fully saturated rings. The molecule has 0 spiro atoms. The van der Waals surface area contributed by atoms with Crippen LogP contribution in [-0.4, -0.2) is 28.6 Å². The van der Waals surface area contributed by atoms with Crippen LogP contribution in [0.5, 0.6) is 0 Å². The molecule has 0 unspecified atom stereocenters. The van der Waals surface area contributed by atoms with E-state index in [-0.39, 0.29) is 5.78 Å². The maximum absolute atomic E-state index is 11.3. The Morgan fingerprint density at radius 3 is 2.88 bits per heavy atom. The second-order valence-electron chi connectivity index (χ2n) is 3.28. The first kappa shape index (κ1) is 12.1. The zero-order chi connectivity index (χ0) is 12.1. The highest BCUT2D eigenvalue weighted by molar-refractivity contribution is 5.97. The lowest BCUT2D eigenvalue weighted by Crippen LogP contribution is -2.20. The standard InChI is InChI=1S/C10H15N5O/c1-4-9(11)14-15(3)8-5-12-6-13-10(8)7(2)16/h5-6H,4H2,1-3H3,(H2,11,14). The number of carbonyl (C=O) groups excluding carboxylic acids is 1. The maximum Gasteiger partial charge on any atom is 0.180 e. The molecule has 1 heterocycles. The Kier molecular flexibility index (Phi) is 3.93. The van der Waals surface area contributed by atoms with Gasteiger partial charge in [0.25, 0.3) is 0 Å². The molecule has 0 amide bonds. The minimum atomic E-state index is -0.130. The Bertz CT molecular complexity index is 415. The van der Waals surface area contributed by atoms with Gasteiger partial charge in [-0.25, -0.2) is 9.97 Å². The SMILES string of the molecule is CC/C(N)=N\N(C)c1cncnc1C(C)=O. The number of hydrogen-bond acceptors (Lipinski definition) is 5. The van der Waals surface area contributed by atoms with Crippen LogP contribution in [0.3, 0.4) is 0 Å². The molecule has 0 aliphatic heterocycles. The van der Waals surface area contributed by atoms with Crippen LogP contribution < -0.4 is 10.7 Å². The molecular formula is C10H15N5O. The number of hydrogen-bond donors (Lipinski definition) is 1. The van der Waals surface area contributed by atoms with Gasteiger partial charge >= 0.3 is 0 Å². The predicted octanol–water partition coefficient (Wildman–Crippen LogP) is 0.798. The Morgan fingerprint density at radius 2 is 2.31 bits per heavy atom. The van der Waals surface area contributed by atoms with Gasteiger partial charge in [0.05, 0.1) is 6.20 Å². The van der Waals surface area contributed by atoms with Gasteiger partial charge in [0.2, 0.25) is 0 Å². The summed E-state index contributed by atoms with van der Waals surface area (Å²) >= 11 is 0. The number of aromatic nitrogens is 2. The van der Waals surface area contributed by atoms with Crippen molar-refractivity contribution >= 4 is 17.3 Å². The van der Waals surface area contributed by atoms with Gasteiger partial charge in [-0.15, -0.1) is 0 Å². The summed E-state index contributed by atoms with van der Waals surface area (Å²) in [6.45, 7) is 3.35. The number of Topliss-reactive ketones (excluding diaryl/α,β-unsaturated/α-hetero) is 1. The molecule has 86 valence electrons. The average Bonchev–Trinajstić information content (AvgIpc) is 2.28. The van der Waals surface area contributed by atoms with E-state index in [1.54, 1.807) is 7.05 Å². The fourth-order valence-electron chi connectivity index (χ4n) is 1.15. The van der Waals surface area contributed by atoms with Gasteiger partial charge in [-0.1, -0.05) is 6.92 Å². The van der Waals surface area contributed by atoms with Crippen LogP contribution >= 0.6 is 0 Å². The van der Waals surface area contributed by atoms with Crippen molar-refractivity contribution in [2.75, 3.05) is 12.1 Å². The van der Waals surface area contributed by atoms with Crippen LogP contribution in [0, 0.1) is 0 Å². The maximum atomic E-state index is 11.3. The molecule has 0 aromatic carbocycles. The van der Waals surface area contributed by atoms with E-state index in [1.807, 2.05) is 6.92 Å². The van der Waals surface area contributed by atoms with Gasteiger partial charge in [0.1, 0.15) is 23.5 Å². The lowest BCUT2D eigenvalue weighted by molar-refractivity contribution is 0.101. The Labute approximate surface area is 94.2 Å². The van der Waals surface area contributed by atoms with Gasteiger partial charge in [0, 0.05) is 20.4 Å². The molecule has 1 aromatic rings. The predicted molar refractivity (Wildman–Crippen MR) is 62.4 cm³/mol. The normalized spacial score (nSPS) is 11.3. The molecule has 1 rings (SSSR count). The van der Waals surface area contributed by atoms with Crippen molar-refractivity contribution in [1.29, 1.82) is 0 Å². The number of rotatable bonds is 4. The van der Waals surface area contributed by atoms with Crippen molar-refractivity contribution in [3.05, 3.63) is 18.2 Å². The molecule has 16 heavy (non-hydrogen) atoms. The van der Waals surface area contributed by atoms with E-state index >= 15 is 0 Å². The largest absolute Gasteiger partial charge is 0.386 e. The fourth-order valence-corrected chi connectivity index (χ4v) is 1.15. The number of amidine groups is 1. The molecule has 0 radical (unpaired) electrons. The van der Waals surface area contributed by atoms with Gasteiger partial charge < -0.3 is 5.73 Å². The topological polar surface area (TPSA) is 84.5 Å². The Morgan fingerprint density at radius 1 is 1.62 bits per heavy atom. The molecule has 6 heteroatoms. The van der Waals surface area contributed by atoms with Crippen LogP contribution in [-0.2, 0) is 0 Å². The third kappa shape index (κ3) is 2.75. The lowest BCUT2D eigenvalue weighted by Gasteiger charge is -2.15. The highest BCUT2D eigenvalue weighted by Gasteiger charge is 2.12. The number of nitrogens with zero attached hydrogens (tertiary/aromatic N) is 4. The molecule has 6 nitrogen and oxygen atoms in total. The molecule has 0 saturated carbocycles. The summed E-state index contributed by atoms with van der Waals surface area (Å²) < 4.78 is 0. The van der Waals surface area contributed by atoms with E-state index in [0.29, 0.717) is 23.6 Å². The highest BCUT2D eigenvalue weighted by atomic mass is 16.1. The summed E-state index contributed by atoms with van der Waals surface area (Å²) in [7, 11) is 1.70. The number of anilines is 1. The summed E-state index contributed by atoms with van der Waals surface area (Å²) in [6, 6.07) is 0.